The molecule has 224 valence electrons. The summed E-state index contributed by atoms with van der Waals surface area (Å²) in [5.41, 5.74) is 5.66. The summed E-state index contributed by atoms with van der Waals surface area (Å²) in [5.74, 6) is -0.569. The van der Waals surface area contributed by atoms with E-state index in [1.807, 2.05) is 84.5 Å². The van der Waals surface area contributed by atoms with E-state index in [0.717, 1.165) is 44.3 Å². The molecule has 0 spiro atoms. The summed E-state index contributed by atoms with van der Waals surface area (Å²) in [7, 11) is 1.97. The number of imidazole rings is 1. The van der Waals surface area contributed by atoms with Crippen LogP contribution in [0.3, 0.4) is 0 Å². The fourth-order valence-electron chi connectivity index (χ4n) is 4.92. The summed E-state index contributed by atoms with van der Waals surface area (Å²) in [6.07, 6.45) is 3.31. The highest BCUT2D eigenvalue weighted by Crippen LogP contribution is 2.40. The third-order valence-corrected chi connectivity index (χ3v) is 8.46. The van der Waals surface area contributed by atoms with Gasteiger partial charge in [-0.1, -0.05) is 72.4 Å². The van der Waals surface area contributed by atoms with Crippen molar-refractivity contribution >= 4 is 23.6 Å². The van der Waals surface area contributed by atoms with Gasteiger partial charge in [-0.3, -0.25) is 9.59 Å². The summed E-state index contributed by atoms with van der Waals surface area (Å²) >= 11 is 1.65. The quantitative estimate of drug-likeness (QED) is 0.185. The van der Waals surface area contributed by atoms with Gasteiger partial charge in [-0.2, -0.15) is 0 Å². The van der Waals surface area contributed by atoms with Crippen molar-refractivity contribution in [1.29, 1.82) is 0 Å². The van der Waals surface area contributed by atoms with Crippen LogP contribution in [0.15, 0.2) is 90.3 Å². The lowest BCUT2D eigenvalue weighted by molar-refractivity contribution is -0.245. The van der Waals surface area contributed by atoms with Gasteiger partial charge >= 0.3 is 5.97 Å². The van der Waals surface area contributed by atoms with E-state index in [2.05, 4.69) is 16.4 Å². The Morgan fingerprint density at radius 3 is 2.47 bits per heavy atom. The highest BCUT2D eigenvalue weighted by atomic mass is 32.2. The number of benzene rings is 3. The van der Waals surface area contributed by atoms with E-state index in [-0.39, 0.29) is 37.6 Å². The maximum absolute atomic E-state index is 12.0. The molecule has 1 fully saturated rings. The lowest BCUT2D eigenvalue weighted by Crippen LogP contribution is -2.31. The van der Waals surface area contributed by atoms with E-state index in [0.29, 0.717) is 13.0 Å². The van der Waals surface area contributed by atoms with Crippen LogP contribution in [-0.4, -0.2) is 43.5 Å². The number of aliphatic carboxylic acids is 1. The minimum Gasteiger partial charge on any atom is -0.481 e. The number of amides is 1. The van der Waals surface area contributed by atoms with Gasteiger partial charge < -0.3 is 29.6 Å². The topological polar surface area (TPSA) is 123 Å². The third kappa shape index (κ3) is 8.32. The lowest BCUT2D eigenvalue weighted by Gasteiger charge is -2.36. The number of carbonyl (C=O) groups is 2. The van der Waals surface area contributed by atoms with Gasteiger partial charge in [-0.25, -0.2) is 4.98 Å². The van der Waals surface area contributed by atoms with Crippen LogP contribution in [0.5, 0.6) is 0 Å². The van der Waals surface area contributed by atoms with Crippen molar-refractivity contribution in [3.8, 4) is 11.1 Å². The Bertz CT molecular complexity index is 1540. The van der Waals surface area contributed by atoms with Crippen molar-refractivity contribution in [1.82, 2.24) is 14.9 Å². The Balaban J connectivity index is 1.33. The van der Waals surface area contributed by atoms with E-state index in [1.165, 1.54) is 0 Å². The van der Waals surface area contributed by atoms with Gasteiger partial charge in [0.2, 0.25) is 5.91 Å². The number of aromatic nitrogens is 2. The molecule has 3 atom stereocenters. The van der Waals surface area contributed by atoms with E-state index in [1.54, 1.807) is 18.0 Å². The molecular formula is C33H35N3O6S. The molecule has 3 aromatic carbocycles. The summed E-state index contributed by atoms with van der Waals surface area (Å²) in [6.45, 7) is 0.304. The van der Waals surface area contributed by atoms with Gasteiger partial charge in [0.15, 0.2) is 11.4 Å². The minimum atomic E-state index is -0.993. The van der Waals surface area contributed by atoms with Gasteiger partial charge in [-0.15, -0.1) is 0 Å². The fourth-order valence-corrected chi connectivity index (χ4v) is 5.87. The van der Waals surface area contributed by atoms with Crippen molar-refractivity contribution in [2.75, 3.05) is 5.75 Å². The second-order valence-corrected chi connectivity index (χ2v) is 11.5. The molecule has 0 saturated carbocycles. The number of aryl methyl sites for hydroxylation is 1. The zero-order chi connectivity index (χ0) is 30.2. The second kappa shape index (κ2) is 14.5. The van der Waals surface area contributed by atoms with Crippen molar-refractivity contribution in [3.05, 3.63) is 107 Å². The van der Waals surface area contributed by atoms with Crippen LogP contribution in [0.25, 0.3) is 11.1 Å². The molecule has 0 bridgehead atoms. The Labute approximate surface area is 254 Å². The molecule has 10 heteroatoms. The van der Waals surface area contributed by atoms with Gasteiger partial charge in [0.05, 0.1) is 25.2 Å². The number of thioether (sulfide) groups is 1. The molecule has 3 unspecified atom stereocenters. The predicted molar refractivity (Wildman–Crippen MR) is 163 cm³/mol. The van der Waals surface area contributed by atoms with E-state index in [4.69, 9.17) is 14.6 Å². The predicted octanol–water partition coefficient (Wildman–Crippen LogP) is 5.40. The molecule has 3 N–H and O–H groups in total. The molecule has 1 aliphatic rings. The summed E-state index contributed by atoms with van der Waals surface area (Å²) in [4.78, 5) is 27.2. The number of hydrogen-bond donors (Lipinski definition) is 3. The second-order valence-electron chi connectivity index (χ2n) is 10.5. The molecule has 1 amide bonds. The molecular weight excluding hydrogens is 566 g/mol. The standard InChI is InChI=1S/C33H35N3O6S/c1-36-15-14-34-33(36)43-21-28-18-29(24-10-8-22(20-37)9-11-24)42-32(41-28)27-7-3-6-26(17-27)25-5-2-4-23(16-25)19-35-30(38)12-13-31(39)40/h2-11,14-17,28-29,32,37H,12-13,18-21H2,1H3,(H,35,38)(H,39,40). The number of carboxylic acid groups (broad SMARTS) is 1. The molecule has 1 saturated heterocycles. The minimum absolute atomic E-state index is 0.00838. The van der Waals surface area contributed by atoms with Crippen LogP contribution in [0.4, 0.5) is 0 Å². The van der Waals surface area contributed by atoms with Crippen molar-refractivity contribution in [2.24, 2.45) is 7.05 Å². The molecule has 4 aromatic rings. The van der Waals surface area contributed by atoms with Crippen LogP contribution in [0.2, 0.25) is 0 Å². The SMILES string of the molecule is Cn1ccnc1SCC1CC(c2ccc(CO)cc2)OC(c2cccc(-c3cccc(CNC(=O)CCC(=O)O)c3)c2)O1. The van der Waals surface area contributed by atoms with Crippen LogP contribution >= 0.6 is 11.8 Å². The number of aliphatic hydroxyl groups excluding tert-OH is 1. The van der Waals surface area contributed by atoms with E-state index in [9.17, 15) is 14.7 Å². The molecule has 9 nitrogen and oxygen atoms in total. The highest BCUT2D eigenvalue weighted by molar-refractivity contribution is 7.99. The average Bonchev–Trinajstić information content (AvgIpc) is 3.46. The number of nitrogens with zero attached hydrogens (tertiary/aromatic N) is 2. The normalized spacial score (nSPS) is 18.3. The van der Waals surface area contributed by atoms with Gasteiger partial charge in [0, 0.05) is 50.1 Å². The highest BCUT2D eigenvalue weighted by Gasteiger charge is 2.32. The molecule has 0 radical (unpaired) electrons. The summed E-state index contributed by atoms with van der Waals surface area (Å²) in [5, 5.41) is 22.0. The first kappa shape index (κ1) is 30.5. The third-order valence-electron chi connectivity index (χ3n) is 7.26. The smallest absolute Gasteiger partial charge is 0.303 e. The van der Waals surface area contributed by atoms with Crippen molar-refractivity contribution in [3.63, 3.8) is 0 Å². The number of nitrogens with one attached hydrogen (secondary N) is 1. The Hall–Kier alpha value is -3.96. The largest absolute Gasteiger partial charge is 0.481 e. The maximum Gasteiger partial charge on any atom is 0.303 e. The maximum atomic E-state index is 12.0. The van der Waals surface area contributed by atoms with Crippen LogP contribution in [0.1, 0.15) is 53.9 Å². The molecule has 5 rings (SSSR count). The first-order valence-electron chi connectivity index (χ1n) is 14.2. The number of aliphatic hydroxyl groups is 1. The van der Waals surface area contributed by atoms with Gasteiger partial charge in [0.25, 0.3) is 0 Å². The van der Waals surface area contributed by atoms with Crippen molar-refractivity contribution < 1.29 is 29.3 Å². The van der Waals surface area contributed by atoms with Crippen LogP contribution in [-0.2, 0) is 39.3 Å². The molecule has 43 heavy (non-hydrogen) atoms. The number of hydrogen-bond acceptors (Lipinski definition) is 7. The lowest BCUT2D eigenvalue weighted by atomic mass is 9.99. The molecule has 1 aromatic heterocycles. The van der Waals surface area contributed by atoms with Gasteiger partial charge in [-0.05, 0) is 39.9 Å². The Kier molecular flexibility index (Phi) is 10.3. The first-order chi connectivity index (χ1) is 20.9. The summed E-state index contributed by atoms with van der Waals surface area (Å²) in [6, 6.07) is 23.8. The number of carboxylic acids is 1. The van der Waals surface area contributed by atoms with E-state index >= 15 is 0 Å². The van der Waals surface area contributed by atoms with Crippen LogP contribution in [0, 0.1) is 0 Å². The Morgan fingerprint density at radius 2 is 1.74 bits per heavy atom. The molecule has 1 aliphatic heterocycles. The van der Waals surface area contributed by atoms with Gasteiger partial charge in [0.1, 0.15) is 0 Å². The van der Waals surface area contributed by atoms with Crippen LogP contribution < -0.4 is 5.32 Å². The number of carbonyl (C=O) groups excluding carboxylic acids is 1. The molecule has 0 aliphatic carbocycles. The molecule has 2 heterocycles. The zero-order valence-corrected chi connectivity index (χ0v) is 24.7. The zero-order valence-electron chi connectivity index (χ0n) is 23.9. The fraction of sp³-hybridized carbons (Fsp3) is 0.303. The van der Waals surface area contributed by atoms with E-state index < -0.39 is 12.3 Å². The van der Waals surface area contributed by atoms with Crippen molar-refractivity contribution in [2.45, 2.75) is 56.1 Å². The summed E-state index contributed by atoms with van der Waals surface area (Å²) < 4.78 is 15.0. The average molecular weight is 602 g/mol. The number of rotatable bonds is 12. The monoisotopic (exact) mass is 601 g/mol. The first-order valence-corrected chi connectivity index (χ1v) is 15.1. The number of ether oxygens (including phenoxy) is 2. The Morgan fingerprint density at radius 1 is 0.977 bits per heavy atom.